The molecule has 0 heterocycles. The van der Waals surface area contributed by atoms with Crippen molar-refractivity contribution in [3.05, 3.63) is 0 Å². The summed E-state index contributed by atoms with van der Waals surface area (Å²) in [6, 6.07) is 0. The minimum atomic E-state index is -1.72. The molecule has 34 valence electrons. The average Bonchev–Trinajstić information content (AvgIpc) is 0.811. The van der Waals surface area contributed by atoms with E-state index in [1.165, 1.54) is 0 Å². The molecule has 0 aromatic heterocycles. The van der Waals surface area contributed by atoms with Crippen LogP contribution < -0.4 is 0 Å². The van der Waals surface area contributed by atoms with Gasteiger partial charge in [0.05, 0.1) is 0 Å². The summed E-state index contributed by atoms with van der Waals surface area (Å²) in [6.07, 6.45) is 0. The molecule has 0 unspecified atom stereocenters. The van der Waals surface area contributed by atoms with Crippen molar-refractivity contribution >= 4 is 40.0 Å². The molecule has 0 rings (SSSR count). The normalized spacial score (nSPS) is 7.20. The molecule has 0 aliphatic heterocycles. The summed E-state index contributed by atoms with van der Waals surface area (Å²) in [5.74, 6) is 0. The number of halogens is 3. The van der Waals surface area contributed by atoms with Crippen molar-refractivity contribution in [3.63, 3.8) is 0 Å². The van der Waals surface area contributed by atoms with Crippen LogP contribution in [0.3, 0.4) is 0 Å². The predicted molar refractivity (Wildman–Crippen MR) is 31.4 cm³/mol. The Morgan fingerprint density at radius 3 is 1.00 bits per heavy atom. The summed E-state index contributed by atoms with van der Waals surface area (Å²) in [4.78, 5) is 0. The topological polar surface area (TPSA) is 0 Å². The second-order valence-corrected chi connectivity index (χ2v) is 6.68. The van der Waals surface area contributed by atoms with Gasteiger partial charge in [-0.15, -0.1) is 33.2 Å². The van der Waals surface area contributed by atoms with Crippen LogP contribution in [-0.4, -0.2) is 6.73 Å². The third-order valence-electron chi connectivity index (χ3n) is 0. The summed E-state index contributed by atoms with van der Waals surface area (Å²) in [6.45, 7) is -1.72. The van der Waals surface area contributed by atoms with E-state index in [9.17, 15) is 0 Å². The van der Waals surface area contributed by atoms with Gasteiger partial charge in [0.2, 0.25) is 0 Å². The van der Waals surface area contributed by atoms with Crippen LogP contribution in [0.4, 0.5) is 0 Å². The van der Waals surface area contributed by atoms with Crippen molar-refractivity contribution in [2.45, 2.75) is 7.43 Å². The number of hydrogen-bond donors (Lipinski definition) is 0. The van der Waals surface area contributed by atoms with Crippen LogP contribution in [0.5, 0.6) is 0 Å². The van der Waals surface area contributed by atoms with Gasteiger partial charge in [0.25, 0.3) is 0 Å². The van der Waals surface area contributed by atoms with Crippen LogP contribution in [-0.2, 0) is 0 Å². The molecular formula is CH5Cl3Si. The smallest absolute Gasteiger partial charge is 0.130 e. The Balaban J connectivity index is 0. The van der Waals surface area contributed by atoms with Crippen molar-refractivity contribution in [2.75, 3.05) is 0 Å². The molecule has 0 aliphatic rings. The molecule has 0 aromatic carbocycles. The molecule has 0 nitrogen and oxygen atoms in total. The van der Waals surface area contributed by atoms with Crippen LogP contribution in [0.1, 0.15) is 7.43 Å². The highest BCUT2D eigenvalue weighted by Gasteiger charge is 1.85. The van der Waals surface area contributed by atoms with E-state index in [1.807, 2.05) is 0 Å². The van der Waals surface area contributed by atoms with Crippen LogP contribution >= 0.6 is 33.2 Å². The van der Waals surface area contributed by atoms with Gasteiger partial charge < -0.3 is 0 Å². The zero-order chi connectivity index (χ0) is 3.58. The Morgan fingerprint density at radius 2 is 1.00 bits per heavy atom. The number of rotatable bonds is 0. The van der Waals surface area contributed by atoms with Gasteiger partial charge >= 0.3 is 6.73 Å². The Labute approximate surface area is 47.7 Å². The predicted octanol–water partition coefficient (Wildman–Crippen LogP) is 2.06. The zero-order valence-electron chi connectivity index (χ0n) is 1.71. The summed E-state index contributed by atoms with van der Waals surface area (Å²) >= 11 is 14.8. The molecule has 0 radical (unpaired) electrons. The SMILES string of the molecule is C.Cl[SiH](Cl)Cl. The lowest BCUT2D eigenvalue weighted by atomic mass is 12.0. The van der Waals surface area contributed by atoms with Gasteiger partial charge in [-0.3, -0.25) is 0 Å². The van der Waals surface area contributed by atoms with Gasteiger partial charge in [-0.05, 0) is 0 Å². The molecule has 5 heavy (non-hydrogen) atoms. The van der Waals surface area contributed by atoms with E-state index in [4.69, 9.17) is 33.2 Å². The van der Waals surface area contributed by atoms with Crippen LogP contribution in [0, 0.1) is 0 Å². The lowest BCUT2D eigenvalue weighted by Gasteiger charge is -1.65. The second-order valence-electron chi connectivity index (χ2n) is 0.247. The van der Waals surface area contributed by atoms with Crippen LogP contribution in [0.2, 0.25) is 0 Å². The summed E-state index contributed by atoms with van der Waals surface area (Å²) in [7, 11) is 0. The third-order valence-corrected chi connectivity index (χ3v) is 0. The Hall–Kier alpha value is 1.09. The molecular weight excluding hydrogens is 146 g/mol. The summed E-state index contributed by atoms with van der Waals surface area (Å²) < 4.78 is 0. The van der Waals surface area contributed by atoms with Crippen molar-refractivity contribution in [1.82, 2.24) is 0 Å². The quantitative estimate of drug-likeness (QED) is 0.367. The summed E-state index contributed by atoms with van der Waals surface area (Å²) in [5, 5.41) is 0. The molecule has 0 aliphatic carbocycles. The third kappa shape index (κ3) is 41.0. The molecule has 0 aromatic rings. The molecule has 0 saturated heterocycles. The standard InChI is InChI=1S/CH4.Cl3HSi/c;1-4(2)3/h1H4;4H. The van der Waals surface area contributed by atoms with Crippen molar-refractivity contribution in [2.24, 2.45) is 0 Å². The van der Waals surface area contributed by atoms with Gasteiger partial charge in [0.1, 0.15) is 0 Å². The van der Waals surface area contributed by atoms with Gasteiger partial charge in [-0.25, -0.2) is 0 Å². The van der Waals surface area contributed by atoms with E-state index in [1.54, 1.807) is 0 Å². The first-order valence-electron chi connectivity index (χ1n) is 0.655. The molecule has 0 atom stereocenters. The van der Waals surface area contributed by atoms with E-state index in [2.05, 4.69) is 0 Å². The van der Waals surface area contributed by atoms with Gasteiger partial charge in [0.15, 0.2) is 0 Å². The van der Waals surface area contributed by atoms with E-state index < -0.39 is 6.73 Å². The maximum absolute atomic E-state index is 4.94. The zero-order valence-corrected chi connectivity index (χ0v) is 5.13. The van der Waals surface area contributed by atoms with Gasteiger partial charge in [-0.1, -0.05) is 7.43 Å². The molecule has 0 bridgehead atoms. The lowest BCUT2D eigenvalue weighted by molar-refractivity contribution is 2.50. The minimum absolute atomic E-state index is 0. The number of hydrogen-bond acceptors (Lipinski definition) is 0. The van der Waals surface area contributed by atoms with Crippen LogP contribution in [0.25, 0.3) is 0 Å². The minimum Gasteiger partial charge on any atom is -0.130 e. The fraction of sp³-hybridized carbons (Fsp3) is 1.00. The highest BCUT2D eigenvalue weighted by atomic mass is 35.8. The monoisotopic (exact) mass is 150 g/mol. The Bertz CT molecular complexity index is 11.6. The molecule has 0 saturated carbocycles. The largest absolute Gasteiger partial charge is 0.326 e. The maximum atomic E-state index is 4.94. The van der Waals surface area contributed by atoms with Crippen molar-refractivity contribution in [3.8, 4) is 0 Å². The molecule has 0 N–H and O–H groups in total. The molecule has 0 fully saturated rings. The molecule has 0 spiro atoms. The first-order chi connectivity index (χ1) is 1.73. The van der Waals surface area contributed by atoms with Crippen molar-refractivity contribution in [1.29, 1.82) is 0 Å². The van der Waals surface area contributed by atoms with Gasteiger partial charge in [0, 0.05) is 0 Å². The lowest BCUT2D eigenvalue weighted by Crippen LogP contribution is -1.66. The highest BCUT2D eigenvalue weighted by Crippen LogP contribution is 1.97. The first kappa shape index (κ1) is 9.43. The van der Waals surface area contributed by atoms with E-state index >= 15 is 0 Å². The fourth-order valence-corrected chi connectivity index (χ4v) is 0. The van der Waals surface area contributed by atoms with Crippen molar-refractivity contribution < 1.29 is 0 Å². The van der Waals surface area contributed by atoms with E-state index in [0.717, 1.165) is 0 Å². The molecule has 0 amide bonds. The van der Waals surface area contributed by atoms with E-state index in [-0.39, 0.29) is 7.43 Å². The summed E-state index contributed by atoms with van der Waals surface area (Å²) in [5.41, 5.74) is 0. The second kappa shape index (κ2) is 5.09. The average molecular weight is 151 g/mol. The first-order valence-corrected chi connectivity index (χ1v) is 5.89. The van der Waals surface area contributed by atoms with Gasteiger partial charge in [-0.2, -0.15) is 0 Å². The van der Waals surface area contributed by atoms with E-state index in [0.29, 0.717) is 0 Å². The Morgan fingerprint density at radius 1 is 1.00 bits per heavy atom. The molecule has 4 heteroatoms. The Kier molecular flexibility index (Phi) is 9.59. The highest BCUT2D eigenvalue weighted by molar-refractivity contribution is 7.54. The maximum Gasteiger partial charge on any atom is 0.326 e. The fourth-order valence-electron chi connectivity index (χ4n) is 0. The van der Waals surface area contributed by atoms with Crippen LogP contribution in [0.15, 0.2) is 0 Å².